The molecule has 0 aliphatic rings. The normalized spacial score (nSPS) is 10.1. The van der Waals surface area contributed by atoms with Gasteiger partial charge in [0.1, 0.15) is 5.00 Å². The SMILES string of the molecule is CCCOC(=O)c1c(CC(=O)OCC)csc1N. The molecule has 0 spiro atoms. The first-order valence-electron chi connectivity index (χ1n) is 5.78. The van der Waals surface area contributed by atoms with Gasteiger partial charge in [-0.25, -0.2) is 4.79 Å². The lowest BCUT2D eigenvalue weighted by atomic mass is 10.1. The number of ether oxygens (including phenoxy) is 2. The van der Waals surface area contributed by atoms with Crippen LogP contribution in [0.1, 0.15) is 36.2 Å². The molecule has 0 saturated carbocycles. The maximum atomic E-state index is 11.8. The quantitative estimate of drug-likeness (QED) is 0.801. The van der Waals surface area contributed by atoms with Crippen LogP contribution in [-0.4, -0.2) is 25.2 Å². The molecule has 1 aromatic rings. The van der Waals surface area contributed by atoms with Gasteiger partial charge >= 0.3 is 11.9 Å². The summed E-state index contributed by atoms with van der Waals surface area (Å²) in [7, 11) is 0. The van der Waals surface area contributed by atoms with E-state index in [4.69, 9.17) is 15.2 Å². The summed E-state index contributed by atoms with van der Waals surface area (Å²) < 4.78 is 9.88. The molecule has 2 N–H and O–H groups in total. The lowest BCUT2D eigenvalue weighted by molar-refractivity contribution is -0.142. The van der Waals surface area contributed by atoms with Crippen LogP contribution in [0.15, 0.2) is 5.38 Å². The first-order chi connectivity index (χ1) is 8.60. The minimum absolute atomic E-state index is 0.0398. The van der Waals surface area contributed by atoms with E-state index in [9.17, 15) is 9.59 Å². The Kier molecular flexibility index (Phi) is 5.64. The highest BCUT2D eigenvalue weighted by molar-refractivity contribution is 7.14. The summed E-state index contributed by atoms with van der Waals surface area (Å²) in [6, 6.07) is 0. The second kappa shape index (κ2) is 7.00. The molecule has 0 radical (unpaired) electrons. The van der Waals surface area contributed by atoms with Crippen molar-refractivity contribution in [2.75, 3.05) is 18.9 Å². The maximum Gasteiger partial charge on any atom is 0.341 e. The van der Waals surface area contributed by atoms with Crippen LogP contribution in [0.4, 0.5) is 5.00 Å². The Hall–Kier alpha value is -1.56. The van der Waals surface area contributed by atoms with Crippen molar-refractivity contribution in [1.29, 1.82) is 0 Å². The molecule has 0 aromatic carbocycles. The zero-order valence-corrected chi connectivity index (χ0v) is 11.3. The van der Waals surface area contributed by atoms with E-state index in [-0.39, 0.29) is 12.4 Å². The molecular formula is C12H17NO4S. The molecule has 1 aromatic heterocycles. The summed E-state index contributed by atoms with van der Waals surface area (Å²) in [5, 5.41) is 2.06. The van der Waals surface area contributed by atoms with Gasteiger partial charge in [-0.3, -0.25) is 4.79 Å². The number of hydrogen-bond acceptors (Lipinski definition) is 6. The highest BCUT2D eigenvalue weighted by Crippen LogP contribution is 2.26. The van der Waals surface area contributed by atoms with Gasteiger partial charge in [-0.2, -0.15) is 0 Å². The van der Waals surface area contributed by atoms with Crippen molar-refractivity contribution >= 4 is 28.3 Å². The molecule has 0 aliphatic carbocycles. The maximum absolute atomic E-state index is 11.8. The van der Waals surface area contributed by atoms with Crippen molar-refractivity contribution in [2.45, 2.75) is 26.7 Å². The van der Waals surface area contributed by atoms with E-state index in [2.05, 4.69) is 0 Å². The molecule has 1 rings (SSSR count). The molecule has 0 aliphatic heterocycles. The van der Waals surface area contributed by atoms with Crippen LogP contribution in [0, 0.1) is 0 Å². The molecule has 0 atom stereocenters. The second-order valence-electron chi connectivity index (χ2n) is 3.62. The number of carbonyl (C=O) groups is 2. The topological polar surface area (TPSA) is 78.6 Å². The Bertz CT molecular complexity index is 428. The van der Waals surface area contributed by atoms with Crippen molar-refractivity contribution in [3.8, 4) is 0 Å². The van der Waals surface area contributed by atoms with Crippen LogP contribution in [-0.2, 0) is 20.7 Å². The number of carbonyl (C=O) groups excluding carboxylic acids is 2. The number of hydrogen-bond donors (Lipinski definition) is 1. The Labute approximate surface area is 110 Å². The Morgan fingerprint density at radius 2 is 2.06 bits per heavy atom. The number of thiophene rings is 1. The molecule has 18 heavy (non-hydrogen) atoms. The molecule has 6 heteroatoms. The van der Waals surface area contributed by atoms with E-state index in [0.29, 0.717) is 29.3 Å². The molecule has 0 fully saturated rings. The van der Waals surface area contributed by atoms with Crippen LogP contribution < -0.4 is 5.73 Å². The van der Waals surface area contributed by atoms with Gasteiger partial charge in [0.05, 0.1) is 25.2 Å². The smallest absolute Gasteiger partial charge is 0.341 e. The van der Waals surface area contributed by atoms with Crippen molar-refractivity contribution in [1.82, 2.24) is 0 Å². The average molecular weight is 271 g/mol. The summed E-state index contributed by atoms with van der Waals surface area (Å²) in [6.45, 7) is 4.29. The predicted molar refractivity (Wildman–Crippen MR) is 69.6 cm³/mol. The van der Waals surface area contributed by atoms with Crippen LogP contribution in [0.3, 0.4) is 0 Å². The summed E-state index contributed by atoms with van der Waals surface area (Å²) in [6.07, 6.45) is 0.779. The fourth-order valence-electron chi connectivity index (χ4n) is 1.41. The molecule has 0 saturated heterocycles. The van der Waals surface area contributed by atoms with Gasteiger partial charge in [0, 0.05) is 0 Å². The van der Waals surface area contributed by atoms with E-state index >= 15 is 0 Å². The summed E-state index contributed by atoms with van der Waals surface area (Å²) >= 11 is 1.22. The molecular weight excluding hydrogens is 254 g/mol. The molecule has 5 nitrogen and oxygen atoms in total. The van der Waals surface area contributed by atoms with Gasteiger partial charge in [0.15, 0.2) is 0 Å². The standard InChI is InChI=1S/C12H17NO4S/c1-3-5-17-12(15)10-8(7-18-11(10)13)6-9(14)16-4-2/h7H,3-6,13H2,1-2H3. The van der Waals surface area contributed by atoms with Gasteiger partial charge in [-0.05, 0) is 24.3 Å². The fourth-order valence-corrected chi connectivity index (χ4v) is 2.21. The molecule has 1 heterocycles. The van der Waals surface area contributed by atoms with Gasteiger partial charge in [-0.1, -0.05) is 6.92 Å². The van der Waals surface area contributed by atoms with Crippen LogP contribution in [0.25, 0.3) is 0 Å². The van der Waals surface area contributed by atoms with E-state index in [0.717, 1.165) is 6.42 Å². The number of esters is 2. The third-order valence-electron chi connectivity index (χ3n) is 2.18. The molecule has 0 unspecified atom stereocenters. The van der Waals surface area contributed by atoms with Gasteiger partial charge in [-0.15, -0.1) is 11.3 Å². The van der Waals surface area contributed by atoms with Crippen molar-refractivity contribution in [3.05, 3.63) is 16.5 Å². The van der Waals surface area contributed by atoms with Crippen molar-refractivity contribution in [2.24, 2.45) is 0 Å². The first-order valence-corrected chi connectivity index (χ1v) is 6.66. The minimum atomic E-state index is -0.477. The van der Waals surface area contributed by atoms with Gasteiger partial charge < -0.3 is 15.2 Å². The second-order valence-corrected chi connectivity index (χ2v) is 4.53. The van der Waals surface area contributed by atoms with Crippen LogP contribution in [0.2, 0.25) is 0 Å². The predicted octanol–water partition coefficient (Wildman–Crippen LogP) is 2.00. The Morgan fingerprint density at radius 1 is 1.33 bits per heavy atom. The van der Waals surface area contributed by atoms with E-state index in [1.165, 1.54) is 11.3 Å². The van der Waals surface area contributed by atoms with Gasteiger partial charge in [0.25, 0.3) is 0 Å². The lowest BCUT2D eigenvalue weighted by Gasteiger charge is -2.06. The first kappa shape index (κ1) is 14.5. The molecule has 0 amide bonds. The number of nitrogens with two attached hydrogens (primary N) is 1. The number of nitrogen functional groups attached to an aromatic ring is 1. The zero-order valence-electron chi connectivity index (χ0n) is 10.5. The summed E-state index contributed by atoms with van der Waals surface area (Å²) in [5.74, 6) is -0.852. The number of anilines is 1. The van der Waals surface area contributed by atoms with E-state index in [1.807, 2.05) is 6.92 Å². The lowest BCUT2D eigenvalue weighted by Crippen LogP contribution is -2.13. The zero-order chi connectivity index (χ0) is 13.5. The Morgan fingerprint density at radius 3 is 2.67 bits per heavy atom. The van der Waals surface area contributed by atoms with Crippen LogP contribution >= 0.6 is 11.3 Å². The summed E-state index contributed by atoms with van der Waals surface area (Å²) in [5.41, 5.74) is 6.59. The highest BCUT2D eigenvalue weighted by atomic mass is 32.1. The van der Waals surface area contributed by atoms with E-state index < -0.39 is 5.97 Å². The monoisotopic (exact) mass is 271 g/mol. The van der Waals surface area contributed by atoms with Crippen LogP contribution in [0.5, 0.6) is 0 Å². The molecule has 100 valence electrons. The third kappa shape index (κ3) is 3.73. The largest absolute Gasteiger partial charge is 0.466 e. The fraction of sp³-hybridized carbons (Fsp3) is 0.500. The minimum Gasteiger partial charge on any atom is -0.466 e. The van der Waals surface area contributed by atoms with Crippen molar-refractivity contribution < 1.29 is 19.1 Å². The Balaban J connectivity index is 2.80. The average Bonchev–Trinajstić information content (AvgIpc) is 2.67. The van der Waals surface area contributed by atoms with Crippen molar-refractivity contribution in [3.63, 3.8) is 0 Å². The molecule has 0 bridgehead atoms. The van der Waals surface area contributed by atoms with E-state index in [1.54, 1.807) is 12.3 Å². The number of rotatable bonds is 6. The highest BCUT2D eigenvalue weighted by Gasteiger charge is 2.20. The van der Waals surface area contributed by atoms with Gasteiger partial charge in [0.2, 0.25) is 0 Å². The summed E-state index contributed by atoms with van der Waals surface area (Å²) in [4.78, 5) is 23.2. The third-order valence-corrected chi connectivity index (χ3v) is 3.04.